The minimum atomic E-state index is -4.39. The molecular formula is C9H7BrF3NO2. The zero-order valence-electron chi connectivity index (χ0n) is 7.81. The van der Waals surface area contributed by atoms with Crippen molar-refractivity contribution in [1.82, 2.24) is 0 Å². The second kappa shape index (κ2) is 4.73. The number of benzene rings is 1. The van der Waals surface area contributed by atoms with Crippen molar-refractivity contribution < 1.29 is 23.1 Å². The smallest absolute Gasteiger partial charge is 0.405 e. The van der Waals surface area contributed by atoms with Crippen molar-refractivity contribution >= 4 is 27.6 Å². The molecule has 0 unspecified atom stereocenters. The maximum atomic E-state index is 12.0. The second-order valence-corrected chi connectivity index (χ2v) is 3.88. The average Bonchev–Trinajstić information content (AvgIpc) is 2.13. The standard InChI is InChI=1S/C9H7BrF3NO2/c10-5-1-2-6(8(15)16)7(3-5)14-4-9(11,12)13/h1-3,14H,4H2,(H,15,16). The van der Waals surface area contributed by atoms with E-state index in [0.29, 0.717) is 4.47 Å². The van der Waals surface area contributed by atoms with Gasteiger partial charge in [-0.25, -0.2) is 4.79 Å². The Bertz CT molecular complexity index is 406. The predicted octanol–water partition coefficient (Wildman–Crippen LogP) is 3.12. The third-order valence-electron chi connectivity index (χ3n) is 1.69. The molecule has 1 aromatic carbocycles. The first-order valence-electron chi connectivity index (χ1n) is 4.13. The van der Waals surface area contributed by atoms with E-state index < -0.39 is 18.7 Å². The Hall–Kier alpha value is -1.24. The van der Waals surface area contributed by atoms with Gasteiger partial charge in [0.15, 0.2) is 0 Å². The van der Waals surface area contributed by atoms with E-state index >= 15 is 0 Å². The highest BCUT2D eigenvalue weighted by Crippen LogP contribution is 2.23. The van der Waals surface area contributed by atoms with Crippen LogP contribution in [0.25, 0.3) is 0 Å². The van der Waals surface area contributed by atoms with Gasteiger partial charge in [-0.05, 0) is 18.2 Å². The summed E-state index contributed by atoms with van der Waals surface area (Å²) in [5.41, 5.74) is -0.272. The van der Waals surface area contributed by atoms with Crippen molar-refractivity contribution in [3.8, 4) is 0 Å². The highest BCUT2D eigenvalue weighted by molar-refractivity contribution is 9.10. The molecule has 0 aliphatic carbocycles. The number of hydrogen-bond donors (Lipinski definition) is 2. The SMILES string of the molecule is O=C(O)c1ccc(Br)cc1NCC(F)(F)F. The number of halogens is 4. The summed E-state index contributed by atoms with van der Waals surface area (Å²) in [6.07, 6.45) is -4.39. The molecule has 0 amide bonds. The van der Waals surface area contributed by atoms with Crippen molar-refractivity contribution in [2.24, 2.45) is 0 Å². The quantitative estimate of drug-likeness (QED) is 0.901. The van der Waals surface area contributed by atoms with Crippen LogP contribution in [-0.4, -0.2) is 23.8 Å². The largest absolute Gasteiger partial charge is 0.478 e. The first-order chi connectivity index (χ1) is 7.29. The van der Waals surface area contributed by atoms with Crippen LogP contribution in [0.3, 0.4) is 0 Å². The van der Waals surface area contributed by atoms with Crippen molar-refractivity contribution in [1.29, 1.82) is 0 Å². The topological polar surface area (TPSA) is 49.3 Å². The van der Waals surface area contributed by atoms with Crippen LogP contribution in [0, 0.1) is 0 Å². The van der Waals surface area contributed by atoms with Gasteiger partial charge < -0.3 is 10.4 Å². The highest BCUT2D eigenvalue weighted by Gasteiger charge is 2.27. The van der Waals surface area contributed by atoms with Gasteiger partial charge in [-0.1, -0.05) is 15.9 Å². The van der Waals surface area contributed by atoms with E-state index in [-0.39, 0.29) is 11.3 Å². The number of nitrogens with one attached hydrogen (secondary N) is 1. The first-order valence-corrected chi connectivity index (χ1v) is 4.92. The van der Waals surface area contributed by atoms with Crippen LogP contribution < -0.4 is 5.32 Å². The molecule has 3 nitrogen and oxygen atoms in total. The normalized spacial score (nSPS) is 11.2. The van der Waals surface area contributed by atoms with E-state index in [1.165, 1.54) is 18.2 Å². The third kappa shape index (κ3) is 3.73. The van der Waals surface area contributed by atoms with Crippen molar-refractivity contribution in [3.63, 3.8) is 0 Å². The monoisotopic (exact) mass is 297 g/mol. The van der Waals surface area contributed by atoms with Crippen LogP contribution in [0.5, 0.6) is 0 Å². The van der Waals surface area contributed by atoms with Gasteiger partial charge in [0.1, 0.15) is 6.54 Å². The lowest BCUT2D eigenvalue weighted by molar-refractivity contribution is -0.115. The zero-order valence-corrected chi connectivity index (χ0v) is 9.39. The summed E-state index contributed by atoms with van der Waals surface area (Å²) in [7, 11) is 0. The van der Waals surface area contributed by atoms with Gasteiger partial charge in [0.2, 0.25) is 0 Å². The van der Waals surface area contributed by atoms with Crippen molar-refractivity contribution in [2.75, 3.05) is 11.9 Å². The molecule has 0 aliphatic rings. The minimum absolute atomic E-state index is 0.0702. The fourth-order valence-electron chi connectivity index (χ4n) is 1.04. The van der Waals surface area contributed by atoms with Crippen LogP contribution in [0.1, 0.15) is 10.4 Å². The maximum absolute atomic E-state index is 12.0. The van der Waals surface area contributed by atoms with Gasteiger partial charge in [0.05, 0.1) is 11.3 Å². The molecule has 0 fully saturated rings. The number of alkyl halides is 3. The average molecular weight is 298 g/mol. The number of carboxylic acids is 1. The Kier molecular flexibility index (Phi) is 3.79. The molecule has 0 spiro atoms. The van der Waals surface area contributed by atoms with Gasteiger partial charge >= 0.3 is 12.1 Å². The van der Waals surface area contributed by atoms with Crippen LogP contribution >= 0.6 is 15.9 Å². The molecule has 0 aliphatic heterocycles. The fraction of sp³-hybridized carbons (Fsp3) is 0.222. The van der Waals surface area contributed by atoms with E-state index in [1.54, 1.807) is 0 Å². The van der Waals surface area contributed by atoms with Gasteiger partial charge in [0.25, 0.3) is 0 Å². The Morgan fingerprint density at radius 3 is 2.56 bits per heavy atom. The lowest BCUT2D eigenvalue weighted by Gasteiger charge is -2.12. The van der Waals surface area contributed by atoms with Gasteiger partial charge in [0, 0.05) is 4.47 Å². The number of hydrogen-bond acceptors (Lipinski definition) is 2. The predicted molar refractivity (Wildman–Crippen MR) is 55.6 cm³/mol. The Balaban J connectivity index is 2.93. The lowest BCUT2D eigenvalue weighted by atomic mass is 10.2. The molecule has 0 saturated heterocycles. The summed E-state index contributed by atoms with van der Waals surface area (Å²) in [5.74, 6) is -1.28. The van der Waals surface area contributed by atoms with Crippen LogP contribution in [0.4, 0.5) is 18.9 Å². The van der Waals surface area contributed by atoms with E-state index in [0.717, 1.165) is 0 Å². The summed E-state index contributed by atoms with van der Waals surface area (Å²) in [6, 6.07) is 3.96. The molecule has 0 aromatic heterocycles. The molecule has 1 aromatic rings. The van der Waals surface area contributed by atoms with Gasteiger partial charge in [-0.15, -0.1) is 0 Å². The van der Waals surface area contributed by atoms with Crippen molar-refractivity contribution in [2.45, 2.75) is 6.18 Å². The Morgan fingerprint density at radius 1 is 1.44 bits per heavy atom. The molecule has 0 atom stereocenters. The highest BCUT2D eigenvalue weighted by atomic mass is 79.9. The van der Waals surface area contributed by atoms with E-state index in [9.17, 15) is 18.0 Å². The molecule has 0 heterocycles. The second-order valence-electron chi connectivity index (χ2n) is 2.96. The molecule has 0 radical (unpaired) electrons. The Morgan fingerprint density at radius 2 is 2.06 bits per heavy atom. The zero-order chi connectivity index (χ0) is 12.3. The van der Waals surface area contributed by atoms with Gasteiger partial charge in [-0.2, -0.15) is 13.2 Å². The third-order valence-corrected chi connectivity index (χ3v) is 2.18. The fourth-order valence-corrected chi connectivity index (χ4v) is 1.41. The minimum Gasteiger partial charge on any atom is -0.478 e. The lowest BCUT2D eigenvalue weighted by Crippen LogP contribution is -2.22. The number of rotatable bonds is 3. The summed E-state index contributed by atoms with van der Waals surface area (Å²) < 4.78 is 36.4. The first kappa shape index (κ1) is 12.8. The molecule has 0 bridgehead atoms. The van der Waals surface area contributed by atoms with E-state index in [1.807, 2.05) is 5.32 Å². The number of anilines is 1. The van der Waals surface area contributed by atoms with Crippen LogP contribution in [-0.2, 0) is 0 Å². The number of aromatic carboxylic acids is 1. The molecule has 7 heteroatoms. The van der Waals surface area contributed by atoms with E-state index in [4.69, 9.17) is 5.11 Å². The molecule has 88 valence electrons. The summed E-state index contributed by atoms with van der Waals surface area (Å²) in [6.45, 7) is -1.27. The molecular weight excluding hydrogens is 291 g/mol. The Labute approximate surface area is 97.4 Å². The number of carboxylic acid groups (broad SMARTS) is 1. The molecule has 2 N–H and O–H groups in total. The van der Waals surface area contributed by atoms with E-state index in [2.05, 4.69) is 15.9 Å². The summed E-state index contributed by atoms with van der Waals surface area (Å²) >= 11 is 3.05. The molecule has 16 heavy (non-hydrogen) atoms. The summed E-state index contributed by atoms with van der Waals surface area (Å²) in [5, 5.41) is 10.8. The molecule has 1 rings (SSSR count). The van der Waals surface area contributed by atoms with Crippen LogP contribution in [0.15, 0.2) is 22.7 Å². The van der Waals surface area contributed by atoms with Crippen molar-refractivity contribution in [3.05, 3.63) is 28.2 Å². The maximum Gasteiger partial charge on any atom is 0.405 e. The van der Waals surface area contributed by atoms with Gasteiger partial charge in [-0.3, -0.25) is 0 Å². The van der Waals surface area contributed by atoms with Crippen LogP contribution in [0.2, 0.25) is 0 Å². The summed E-state index contributed by atoms with van der Waals surface area (Å²) in [4.78, 5) is 10.7. The number of carbonyl (C=O) groups is 1. The molecule has 0 saturated carbocycles.